The van der Waals surface area contributed by atoms with Crippen molar-refractivity contribution in [1.29, 1.82) is 0 Å². The predicted octanol–water partition coefficient (Wildman–Crippen LogP) is 3.98. The highest BCUT2D eigenvalue weighted by Gasteiger charge is 2.15. The lowest BCUT2D eigenvalue weighted by Gasteiger charge is -2.07. The van der Waals surface area contributed by atoms with Gasteiger partial charge in [-0.25, -0.2) is 0 Å². The molecule has 0 saturated carbocycles. The van der Waals surface area contributed by atoms with Crippen molar-refractivity contribution in [2.75, 3.05) is 5.32 Å². The lowest BCUT2D eigenvalue weighted by molar-refractivity contribution is -0.116. The van der Waals surface area contributed by atoms with E-state index in [2.05, 4.69) is 5.32 Å². The van der Waals surface area contributed by atoms with Gasteiger partial charge in [-0.3, -0.25) is 14.4 Å². The number of ketones is 2. The van der Waals surface area contributed by atoms with E-state index in [-0.39, 0.29) is 30.3 Å². The van der Waals surface area contributed by atoms with Crippen LogP contribution in [0.4, 0.5) is 5.69 Å². The first kappa shape index (κ1) is 17.1. The minimum Gasteiger partial charge on any atom is -0.326 e. The SMILES string of the molecule is CC(=O)c1ccc(NC(=O)CCC(=O)c2ccc3c(c2)CCC3)cc1. The summed E-state index contributed by atoms with van der Waals surface area (Å²) in [4.78, 5) is 35.6. The number of hydrogen-bond donors (Lipinski definition) is 1. The summed E-state index contributed by atoms with van der Waals surface area (Å²) < 4.78 is 0. The van der Waals surface area contributed by atoms with Crippen LogP contribution in [-0.2, 0) is 17.6 Å². The van der Waals surface area contributed by atoms with E-state index < -0.39 is 0 Å². The molecule has 128 valence electrons. The number of rotatable bonds is 6. The van der Waals surface area contributed by atoms with Gasteiger partial charge in [0, 0.05) is 29.7 Å². The third kappa shape index (κ3) is 4.21. The van der Waals surface area contributed by atoms with Gasteiger partial charge in [0.1, 0.15) is 0 Å². The highest BCUT2D eigenvalue weighted by Crippen LogP contribution is 2.23. The molecule has 0 radical (unpaired) electrons. The van der Waals surface area contributed by atoms with Crippen molar-refractivity contribution in [1.82, 2.24) is 0 Å². The third-order valence-corrected chi connectivity index (χ3v) is 4.57. The second-order valence-electron chi connectivity index (χ2n) is 6.44. The standard InChI is InChI=1S/C21H21NO3/c1-14(23)15-7-9-19(10-8-15)22-21(25)12-11-20(24)18-6-5-16-3-2-4-17(16)13-18/h5-10,13H,2-4,11-12H2,1H3,(H,22,25). The van der Waals surface area contributed by atoms with Gasteiger partial charge < -0.3 is 5.32 Å². The minimum absolute atomic E-state index is 0.00298. The average molecular weight is 335 g/mol. The lowest BCUT2D eigenvalue weighted by atomic mass is 10.0. The van der Waals surface area contributed by atoms with Crippen molar-refractivity contribution in [3.8, 4) is 0 Å². The summed E-state index contributed by atoms with van der Waals surface area (Å²) in [6.45, 7) is 1.50. The topological polar surface area (TPSA) is 63.2 Å². The zero-order chi connectivity index (χ0) is 17.8. The third-order valence-electron chi connectivity index (χ3n) is 4.57. The van der Waals surface area contributed by atoms with Gasteiger partial charge in [0.05, 0.1) is 0 Å². The largest absolute Gasteiger partial charge is 0.326 e. The van der Waals surface area contributed by atoms with Crippen molar-refractivity contribution in [3.63, 3.8) is 0 Å². The van der Waals surface area contributed by atoms with Crippen molar-refractivity contribution >= 4 is 23.2 Å². The molecule has 3 rings (SSSR count). The van der Waals surface area contributed by atoms with E-state index in [9.17, 15) is 14.4 Å². The number of aryl methyl sites for hydroxylation is 2. The van der Waals surface area contributed by atoms with E-state index in [1.165, 1.54) is 18.1 Å². The summed E-state index contributed by atoms with van der Waals surface area (Å²) in [5, 5.41) is 2.75. The first-order valence-electron chi connectivity index (χ1n) is 8.59. The molecule has 2 aromatic carbocycles. The number of amides is 1. The van der Waals surface area contributed by atoms with Gasteiger partial charge in [0.2, 0.25) is 5.91 Å². The zero-order valence-corrected chi connectivity index (χ0v) is 14.3. The lowest BCUT2D eigenvalue weighted by Crippen LogP contribution is -2.13. The summed E-state index contributed by atoms with van der Waals surface area (Å²) in [6, 6.07) is 12.6. The number of carbonyl (C=O) groups is 3. The molecule has 0 aliphatic heterocycles. The Labute approximate surface area is 147 Å². The quantitative estimate of drug-likeness (QED) is 0.812. The molecule has 4 heteroatoms. The van der Waals surface area contributed by atoms with E-state index in [1.54, 1.807) is 24.3 Å². The molecule has 1 amide bonds. The first-order valence-corrected chi connectivity index (χ1v) is 8.59. The highest BCUT2D eigenvalue weighted by molar-refractivity contribution is 6.00. The van der Waals surface area contributed by atoms with Crippen LogP contribution in [-0.4, -0.2) is 17.5 Å². The van der Waals surface area contributed by atoms with Crippen LogP contribution in [0.25, 0.3) is 0 Å². The molecule has 1 N–H and O–H groups in total. The molecule has 0 atom stereocenters. The molecule has 0 unspecified atom stereocenters. The maximum Gasteiger partial charge on any atom is 0.224 e. The number of hydrogen-bond acceptors (Lipinski definition) is 3. The molecule has 1 aliphatic carbocycles. The van der Waals surface area contributed by atoms with Gasteiger partial charge in [-0.15, -0.1) is 0 Å². The van der Waals surface area contributed by atoms with Gasteiger partial charge in [-0.05, 0) is 67.6 Å². The zero-order valence-electron chi connectivity index (χ0n) is 14.3. The van der Waals surface area contributed by atoms with Crippen LogP contribution >= 0.6 is 0 Å². The Kier molecular flexibility index (Phi) is 5.08. The molecular weight excluding hydrogens is 314 g/mol. The summed E-state index contributed by atoms with van der Waals surface area (Å²) in [5.74, 6) is -0.223. The molecule has 4 nitrogen and oxygen atoms in total. The molecule has 0 aromatic heterocycles. The Hall–Kier alpha value is -2.75. The van der Waals surface area contributed by atoms with E-state index in [0.29, 0.717) is 16.8 Å². The van der Waals surface area contributed by atoms with Crippen LogP contribution in [0.3, 0.4) is 0 Å². The Morgan fingerprint density at radius 2 is 1.56 bits per heavy atom. The van der Waals surface area contributed by atoms with Gasteiger partial charge in [0.25, 0.3) is 0 Å². The van der Waals surface area contributed by atoms with Gasteiger partial charge in [-0.1, -0.05) is 12.1 Å². The highest BCUT2D eigenvalue weighted by atomic mass is 16.2. The fraction of sp³-hybridized carbons (Fsp3) is 0.286. The van der Waals surface area contributed by atoms with E-state index in [1.807, 2.05) is 18.2 Å². The predicted molar refractivity (Wildman–Crippen MR) is 97.1 cm³/mol. The maximum atomic E-state index is 12.3. The van der Waals surface area contributed by atoms with Crippen molar-refractivity contribution in [2.45, 2.75) is 39.0 Å². The second kappa shape index (κ2) is 7.43. The van der Waals surface area contributed by atoms with Gasteiger partial charge in [0.15, 0.2) is 11.6 Å². The Bertz CT molecular complexity index is 822. The smallest absolute Gasteiger partial charge is 0.224 e. The molecule has 0 fully saturated rings. The average Bonchev–Trinajstić information content (AvgIpc) is 3.07. The van der Waals surface area contributed by atoms with E-state index in [0.717, 1.165) is 19.3 Å². The molecule has 0 spiro atoms. The normalized spacial score (nSPS) is 12.5. The van der Waals surface area contributed by atoms with Crippen LogP contribution in [0.15, 0.2) is 42.5 Å². The summed E-state index contributed by atoms with van der Waals surface area (Å²) in [5.41, 5.74) is 4.52. The maximum absolute atomic E-state index is 12.3. The summed E-state index contributed by atoms with van der Waals surface area (Å²) >= 11 is 0. The fourth-order valence-corrected chi connectivity index (χ4v) is 3.13. The second-order valence-corrected chi connectivity index (χ2v) is 6.44. The van der Waals surface area contributed by atoms with Gasteiger partial charge >= 0.3 is 0 Å². The monoisotopic (exact) mass is 335 g/mol. The summed E-state index contributed by atoms with van der Waals surface area (Å²) in [6.07, 6.45) is 3.61. The number of Topliss-reactive ketones (excluding diaryl/α,β-unsaturated/α-hetero) is 2. The number of benzene rings is 2. The van der Waals surface area contributed by atoms with Crippen LogP contribution in [0.2, 0.25) is 0 Å². The number of fused-ring (bicyclic) bond motifs is 1. The first-order chi connectivity index (χ1) is 12.0. The van der Waals surface area contributed by atoms with Crippen LogP contribution in [0.1, 0.15) is 58.0 Å². The molecule has 0 bridgehead atoms. The minimum atomic E-state index is -0.204. The number of nitrogens with one attached hydrogen (secondary N) is 1. The molecule has 0 saturated heterocycles. The molecule has 1 aliphatic rings. The van der Waals surface area contributed by atoms with Crippen LogP contribution in [0.5, 0.6) is 0 Å². The molecule has 2 aromatic rings. The van der Waals surface area contributed by atoms with E-state index >= 15 is 0 Å². The number of anilines is 1. The van der Waals surface area contributed by atoms with Gasteiger partial charge in [-0.2, -0.15) is 0 Å². The Morgan fingerprint density at radius 1 is 0.880 bits per heavy atom. The molecule has 25 heavy (non-hydrogen) atoms. The van der Waals surface area contributed by atoms with Crippen molar-refractivity contribution in [3.05, 3.63) is 64.7 Å². The van der Waals surface area contributed by atoms with Crippen LogP contribution in [0, 0.1) is 0 Å². The van der Waals surface area contributed by atoms with Crippen molar-refractivity contribution in [2.24, 2.45) is 0 Å². The molecular formula is C21H21NO3. The Morgan fingerprint density at radius 3 is 2.28 bits per heavy atom. The Balaban J connectivity index is 1.53. The summed E-state index contributed by atoms with van der Waals surface area (Å²) in [7, 11) is 0. The van der Waals surface area contributed by atoms with Crippen LogP contribution < -0.4 is 5.32 Å². The molecule has 0 heterocycles. The van der Waals surface area contributed by atoms with E-state index in [4.69, 9.17) is 0 Å². The fourth-order valence-electron chi connectivity index (χ4n) is 3.13. The number of carbonyl (C=O) groups excluding carboxylic acids is 3. The van der Waals surface area contributed by atoms with Crippen molar-refractivity contribution < 1.29 is 14.4 Å².